The molecule has 4 atom stereocenters. The number of carbonyl (C=O) groups excluding carboxylic acids is 1. The number of aliphatic hydroxyl groups is 3. The number of hydrogen-bond donors (Lipinski definition) is 4. The Morgan fingerprint density at radius 1 is 0.941 bits per heavy atom. The molecule has 0 aromatic heterocycles. The molecule has 0 saturated carbocycles. The Kier molecular flexibility index (Phi) is 15.8. The highest BCUT2D eigenvalue weighted by atomic mass is 31.2. The maximum atomic E-state index is 12.4. The largest absolute Gasteiger partial charge is 0.527 e. The quantitative estimate of drug-likeness (QED) is 0.0924. The second-order valence-electron chi connectivity index (χ2n) is 9.12. The summed E-state index contributed by atoms with van der Waals surface area (Å²) in [5.41, 5.74) is 0. The van der Waals surface area contributed by atoms with E-state index in [-0.39, 0.29) is 12.5 Å². The van der Waals surface area contributed by atoms with Gasteiger partial charge in [-0.2, -0.15) is 0 Å². The fourth-order valence-electron chi connectivity index (χ4n) is 3.98. The molecule has 10 heteroatoms. The molecule has 0 amide bonds. The van der Waals surface area contributed by atoms with Gasteiger partial charge in [-0.05, 0) is 18.8 Å². The average molecular weight is 509 g/mol. The molecule has 4 N–H and O–H groups in total. The Morgan fingerprint density at radius 3 is 1.94 bits per heavy atom. The first-order valence-electron chi connectivity index (χ1n) is 12.9. The van der Waals surface area contributed by atoms with Crippen LogP contribution in [0.1, 0.15) is 104 Å². The Labute approximate surface area is 204 Å². The molecule has 0 aliphatic carbocycles. The number of ether oxygens (including phenoxy) is 1. The molecule has 9 nitrogen and oxygen atoms in total. The van der Waals surface area contributed by atoms with Gasteiger partial charge in [0.25, 0.3) is 5.76 Å². The van der Waals surface area contributed by atoms with E-state index < -0.39 is 44.1 Å². The molecule has 0 bridgehead atoms. The number of esters is 1. The SMILES string of the molecule is CCCCCCCCCC(CCCCCCC)COP(=O)(O)OC1=C(O)[C@@H]([C@@H](O)CO)OC1=O. The monoisotopic (exact) mass is 508 g/mol. The van der Waals surface area contributed by atoms with Gasteiger partial charge in [-0.25, -0.2) is 9.36 Å². The molecule has 200 valence electrons. The first-order chi connectivity index (χ1) is 16.3. The van der Waals surface area contributed by atoms with E-state index in [4.69, 9.17) is 18.9 Å². The molecule has 1 rings (SSSR count). The zero-order chi connectivity index (χ0) is 25.4. The summed E-state index contributed by atoms with van der Waals surface area (Å²) in [7, 11) is -4.71. The van der Waals surface area contributed by atoms with Gasteiger partial charge in [0.2, 0.25) is 0 Å². The van der Waals surface area contributed by atoms with Crippen molar-refractivity contribution in [3.8, 4) is 0 Å². The van der Waals surface area contributed by atoms with Crippen LogP contribution >= 0.6 is 7.82 Å². The van der Waals surface area contributed by atoms with Gasteiger partial charge < -0.3 is 24.6 Å². The minimum Gasteiger partial charge on any atom is -0.505 e. The summed E-state index contributed by atoms with van der Waals surface area (Å²) < 4.78 is 27.1. The van der Waals surface area contributed by atoms with E-state index in [1.807, 2.05) is 0 Å². The van der Waals surface area contributed by atoms with E-state index >= 15 is 0 Å². The summed E-state index contributed by atoms with van der Waals surface area (Å²) >= 11 is 0. The van der Waals surface area contributed by atoms with Crippen LogP contribution in [0.15, 0.2) is 11.5 Å². The molecule has 0 aromatic carbocycles. The topological polar surface area (TPSA) is 143 Å². The van der Waals surface area contributed by atoms with Crippen LogP contribution in [0.3, 0.4) is 0 Å². The average Bonchev–Trinajstić information content (AvgIpc) is 3.08. The number of unbranched alkanes of at least 4 members (excludes halogenated alkanes) is 10. The zero-order valence-corrected chi connectivity index (χ0v) is 21.7. The number of aliphatic hydroxyl groups excluding tert-OH is 3. The van der Waals surface area contributed by atoms with Crippen molar-refractivity contribution in [2.75, 3.05) is 13.2 Å². The molecule has 0 radical (unpaired) electrons. The van der Waals surface area contributed by atoms with Crippen LogP contribution < -0.4 is 0 Å². The standard InChI is InChI=1S/C24H45O9P/c1-3-5-7-9-10-12-14-16-19(15-13-11-8-6-4-2)18-31-34(29,30)33-23-21(27)22(20(26)17-25)32-24(23)28/h19-20,22,25-27H,3-18H2,1-2H3,(H,29,30)/t19?,20-,22+/m0/s1. The van der Waals surface area contributed by atoms with Crippen LogP contribution in [0.25, 0.3) is 0 Å². The van der Waals surface area contributed by atoms with E-state index in [0.717, 1.165) is 44.9 Å². The lowest BCUT2D eigenvalue weighted by Gasteiger charge is -2.19. The molecule has 1 heterocycles. The van der Waals surface area contributed by atoms with Gasteiger partial charge in [0.1, 0.15) is 6.10 Å². The maximum Gasteiger partial charge on any atom is 0.527 e. The van der Waals surface area contributed by atoms with Crippen molar-refractivity contribution >= 4 is 13.8 Å². The third-order valence-corrected chi connectivity index (χ3v) is 6.96. The van der Waals surface area contributed by atoms with E-state index in [2.05, 4.69) is 13.8 Å². The number of phosphoric acid groups is 1. The molecule has 1 aliphatic rings. The van der Waals surface area contributed by atoms with Crippen LogP contribution in [0, 0.1) is 5.92 Å². The highest BCUT2D eigenvalue weighted by Gasteiger charge is 2.43. The van der Waals surface area contributed by atoms with Gasteiger partial charge >= 0.3 is 13.8 Å². The number of rotatable bonds is 21. The third-order valence-electron chi connectivity index (χ3n) is 6.07. The highest BCUT2D eigenvalue weighted by Crippen LogP contribution is 2.48. The van der Waals surface area contributed by atoms with Crippen LogP contribution in [-0.2, 0) is 23.1 Å². The maximum absolute atomic E-state index is 12.4. The van der Waals surface area contributed by atoms with Crippen LogP contribution in [-0.4, -0.2) is 51.6 Å². The van der Waals surface area contributed by atoms with E-state index in [1.54, 1.807) is 0 Å². The first kappa shape index (κ1) is 30.9. The Bertz CT molecular complexity index is 652. The van der Waals surface area contributed by atoms with Crippen molar-refractivity contribution in [1.82, 2.24) is 0 Å². The lowest BCUT2D eigenvalue weighted by molar-refractivity contribution is -0.147. The van der Waals surface area contributed by atoms with Crippen LogP contribution in [0.2, 0.25) is 0 Å². The Balaban J connectivity index is 2.59. The molecule has 34 heavy (non-hydrogen) atoms. The number of phosphoric ester groups is 1. The van der Waals surface area contributed by atoms with Crippen molar-refractivity contribution in [3.63, 3.8) is 0 Å². The van der Waals surface area contributed by atoms with Gasteiger partial charge in [0.15, 0.2) is 11.9 Å². The second kappa shape index (κ2) is 17.3. The van der Waals surface area contributed by atoms with E-state index in [1.165, 1.54) is 44.9 Å². The molecule has 2 unspecified atom stereocenters. The molecule has 0 spiro atoms. The van der Waals surface area contributed by atoms with Crippen molar-refractivity contribution in [2.24, 2.45) is 5.92 Å². The molecular weight excluding hydrogens is 463 g/mol. The number of carbonyl (C=O) groups is 1. The summed E-state index contributed by atoms with van der Waals surface area (Å²) in [5.74, 6) is -2.85. The van der Waals surface area contributed by atoms with Gasteiger partial charge in [-0.15, -0.1) is 0 Å². The zero-order valence-electron chi connectivity index (χ0n) is 20.8. The van der Waals surface area contributed by atoms with Gasteiger partial charge in [0.05, 0.1) is 13.2 Å². The molecule has 0 saturated heterocycles. The predicted octanol–water partition coefficient (Wildman–Crippen LogP) is 5.29. The smallest absolute Gasteiger partial charge is 0.505 e. The minimum absolute atomic E-state index is 0.00315. The second-order valence-corrected chi connectivity index (χ2v) is 10.5. The predicted molar refractivity (Wildman–Crippen MR) is 129 cm³/mol. The van der Waals surface area contributed by atoms with Crippen molar-refractivity contribution in [3.05, 3.63) is 11.5 Å². The van der Waals surface area contributed by atoms with Crippen molar-refractivity contribution < 1.29 is 43.4 Å². The minimum atomic E-state index is -4.71. The summed E-state index contributed by atoms with van der Waals surface area (Å²) in [6, 6.07) is 0. The van der Waals surface area contributed by atoms with Crippen molar-refractivity contribution in [2.45, 2.75) is 116 Å². The van der Waals surface area contributed by atoms with Crippen molar-refractivity contribution in [1.29, 1.82) is 0 Å². The van der Waals surface area contributed by atoms with Gasteiger partial charge in [-0.1, -0.05) is 90.9 Å². The summed E-state index contributed by atoms with van der Waals surface area (Å²) in [4.78, 5) is 22.0. The van der Waals surface area contributed by atoms with E-state index in [0.29, 0.717) is 0 Å². The Hall–Kier alpha value is -1.12. The molecular formula is C24H45O9P. The lowest BCUT2D eigenvalue weighted by Crippen LogP contribution is -2.31. The first-order valence-corrected chi connectivity index (χ1v) is 14.3. The molecule has 0 fully saturated rings. The molecule has 1 aliphatic heterocycles. The lowest BCUT2D eigenvalue weighted by atomic mass is 9.95. The van der Waals surface area contributed by atoms with Crippen LogP contribution in [0.4, 0.5) is 0 Å². The number of hydrogen-bond acceptors (Lipinski definition) is 8. The summed E-state index contributed by atoms with van der Waals surface area (Å²) in [5, 5.41) is 28.6. The number of cyclic esters (lactones) is 1. The van der Waals surface area contributed by atoms with E-state index in [9.17, 15) is 24.5 Å². The Morgan fingerprint density at radius 2 is 1.44 bits per heavy atom. The fourth-order valence-corrected chi connectivity index (χ4v) is 4.83. The van der Waals surface area contributed by atoms with Crippen LogP contribution in [0.5, 0.6) is 0 Å². The highest BCUT2D eigenvalue weighted by molar-refractivity contribution is 7.47. The van der Waals surface area contributed by atoms with Gasteiger partial charge in [-0.3, -0.25) is 9.42 Å². The molecule has 0 aromatic rings. The summed E-state index contributed by atoms with van der Waals surface area (Å²) in [6.07, 6.45) is 12.5. The fraction of sp³-hybridized carbons (Fsp3) is 0.875. The summed E-state index contributed by atoms with van der Waals surface area (Å²) in [6.45, 7) is 3.58. The normalized spacial score (nSPS) is 19.7. The third kappa shape index (κ3) is 12.0. The van der Waals surface area contributed by atoms with Gasteiger partial charge in [0, 0.05) is 0 Å².